The van der Waals surface area contributed by atoms with Crippen molar-refractivity contribution in [2.75, 3.05) is 13.1 Å². The molecule has 0 fully saturated rings. The predicted octanol–water partition coefficient (Wildman–Crippen LogP) is 3.51. The Morgan fingerprint density at radius 3 is 1.76 bits per heavy atom. The monoisotopic (exact) mass is 677 g/mol. The van der Waals surface area contributed by atoms with Gasteiger partial charge in [-0.3, -0.25) is 9.78 Å². The topological polar surface area (TPSA) is 171 Å². The third kappa shape index (κ3) is 14.6. The lowest BCUT2D eigenvalue weighted by atomic mass is 9.98. The lowest BCUT2D eigenvalue weighted by molar-refractivity contribution is -0.125. The van der Waals surface area contributed by atoms with Crippen molar-refractivity contribution in [2.24, 2.45) is 5.92 Å². The van der Waals surface area contributed by atoms with Gasteiger partial charge in [0.2, 0.25) is 5.91 Å². The van der Waals surface area contributed by atoms with Gasteiger partial charge in [0.25, 0.3) is 0 Å². The molecule has 12 nitrogen and oxygen atoms in total. The molecule has 0 unspecified atom stereocenters. The van der Waals surface area contributed by atoms with Gasteiger partial charge in [0.1, 0.15) is 18.2 Å². The summed E-state index contributed by atoms with van der Waals surface area (Å²) in [6.07, 6.45) is -1.26. The Bertz CT molecular complexity index is 1420. The van der Waals surface area contributed by atoms with Gasteiger partial charge in [0, 0.05) is 19.3 Å². The fourth-order valence-electron chi connectivity index (χ4n) is 5.02. The van der Waals surface area contributed by atoms with Crippen LogP contribution in [0.1, 0.15) is 51.4 Å². The molecule has 0 aliphatic carbocycles. The van der Waals surface area contributed by atoms with Crippen molar-refractivity contribution in [1.82, 2.24) is 26.3 Å². The van der Waals surface area contributed by atoms with Crippen LogP contribution in [0.15, 0.2) is 85.1 Å². The standard InChI is InChI=1S/C37H51N5O7/c1-25(2)33(42-35(46)48-24-28-18-12-13-19-39-28)34(45)40-29(20-26-14-8-6-9-15-26)31(43)22-38-23-32(44)30(21-27-16-10-7-11-17-27)41-36(47)49-37(3,4)5/h6-19,25,29-33,38,43-44H,20-24H2,1-5H3,(H,40,45)(H,41,47)(H,42,46)/t29-,30-,31+,32+,33-/m0/s1. The van der Waals surface area contributed by atoms with Crippen molar-refractivity contribution in [3.05, 3.63) is 102 Å². The summed E-state index contributed by atoms with van der Waals surface area (Å²) >= 11 is 0. The Balaban J connectivity index is 1.64. The van der Waals surface area contributed by atoms with E-state index < -0.39 is 54.0 Å². The number of ether oxygens (including phenoxy) is 2. The summed E-state index contributed by atoms with van der Waals surface area (Å²) in [5.74, 6) is -0.765. The van der Waals surface area contributed by atoms with Crippen molar-refractivity contribution in [1.29, 1.82) is 0 Å². The molecule has 0 aliphatic rings. The molecule has 0 saturated heterocycles. The second-order valence-corrected chi connectivity index (χ2v) is 13.3. The number of hydrogen-bond donors (Lipinski definition) is 6. The molecule has 1 heterocycles. The zero-order chi connectivity index (χ0) is 35.8. The number of alkyl carbamates (subject to hydrolysis) is 2. The maximum Gasteiger partial charge on any atom is 0.408 e. The van der Waals surface area contributed by atoms with Gasteiger partial charge in [-0.25, -0.2) is 9.59 Å². The van der Waals surface area contributed by atoms with E-state index in [1.54, 1.807) is 59.0 Å². The number of nitrogens with zero attached hydrogens (tertiary/aromatic N) is 1. The Labute approximate surface area is 289 Å². The first-order valence-electron chi connectivity index (χ1n) is 16.6. The second-order valence-electron chi connectivity index (χ2n) is 13.3. The van der Waals surface area contributed by atoms with E-state index in [9.17, 15) is 24.6 Å². The van der Waals surface area contributed by atoms with Crippen molar-refractivity contribution in [2.45, 2.75) is 90.0 Å². The highest BCUT2D eigenvalue weighted by Crippen LogP contribution is 2.12. The summed E-state index contributed by atoms with van der Waals surface area (Å²) in [4.78, 5) is 42.9. The van der Waals surface area contributed by atoms with Gasteiger partial charge in [-0.2, -0.15) is 0 Å². The molecule has 6 N–H and O–H groups in total. The molecule has 0 spiro atoms. The van der Waals surface area contributed by atoms with E-state index in [2.05, 4.69) is 26.3 Å². The lowest BCUT2D eigenvalue weighted by Crippen LogP contribution is -2.57. The van der Waals surface area contributed by atoms with E-state index in [4.69, 9.17) is 9.47 Å². The van der Waals surface area contributed by atoms with E-state index in [1.165, 1.54) is 0 Å². The lowest BCUT2D eigenvalue weighted by Gasteiger charge is -2.30. The van der Waals surface area contributed by atoms with Gasteiger partial charge in [0.15, 0.2) is 0 Å². The van der Waals surface area contributed by atoms with Gasteiger partial charge in [0.05, 0.1) is 30.0 Å². The fourth-order valence-corrected chi connectivity index (χ4v) is 5.02. The van der Waals surface area contributed by atoms with Crippen molar-refractivity contribution in [3.63, 3.8) is 0 Å². The number of carbonyl (C=O) groups excluding carboxylic acids is 3. The van der Waals surface area contributed by atoms with Gasteiger partial charge in [-0.15, -0.1) is 0 Å². The van der Waals surface area contributed by atoms with Crippen LogP contribution in [0, 0.1) is 5.92 Å². The maximum atomic E-state index is 13.5. The number of rotatable bonds is 17. The Hall–Kier alpha value is -4.52. The van der Waals surface area contributed by atoms with Crippen LogP contribution in [0.4, 0.5) is 9.59 Å². The average molecular weight is 678 g/mol. The molecular weight excluding hydrogens is 626 g/mol. The molecule has 1 aromatic heterocycles. The smallest absolute Gasteiger partial charge is 0.408 e. The summed E-state index contributed by atoms with van der Waals surface area (Å²) in [5, 5.41) is 33.9. The molecule has 0 saturated carbocycles. The molecule has 3 aromatic rings. The van der Waals surface area contributed by atoms with Crippen molar-refractivity contribution < 1.29 is 34.1 Å². The Morgan fingerprint density at radius 1 is 0.735 bits per heavy atom. The van der Waals surface area contributed by atoms with E-state index in [0.29, 0.717) is 18.5 Å². The average Bonchev–Trinajstić information content (AvgIpc) is 3.06. The van der Waals surface area contributed by atoms with Crippen LogP contribution in [0.25, 0.3) is 0 Å². The number of benzene rings is 2. The molecule has 0 radical (unpaired) electrons. The van der Waals surface area contributed by atoms with Gasteiger partial charge >= 0.3 is 12.2 Å². The van der Waals surface area contributed by atoms with Gasteiger partial charge in [-0.1, -0.05) is 80.6 Å². The molecule has 12 heteroatoms. The van der Waals surface area contributed by atoms with Crippen LogP contribution in [0.3, 0.4) is 0 Å². The number of aliphatic hydroxyl groups excluding tert-OH is 2. The summed E-state index contributed by atoms with van der Waals surface area (Å²) in [6, 6.07) is 21.8. The largest absolute Gasteiger partial charge is 0.444 e. The minimum atomic E-state index is -1.08. The number of nitrogens with one attached hydrogen (secondary N) is 4. The molecule has 0 aliphatic heterocycles. The molecule has 266 valence electrons. The van der Waals surface area contributed by atoms with Gasteiger partial charge < -0.3 is 41.0 Å². The maximum absolute atomic E-state index is 13.5. The van der Waals surface area contributed by atoms with Crippen LogP contribution in [-0.2, 0) is 33.7 Å². The Morgan fingerprint density at radius 2 is 1.27 bits per heavy atom. The van der Waals surface area contributed by atoms with Crippen LogP contribution in [0.5, 0.6) is 0 Å². The van der Waals surface area contributed by atoms with Crippen LogP contribution in [-0.4, -0.2) is 82.3 Å². The zero-order valence-corrected chi connectivity index (χ0v) is 29.0. The SMILES string of the molecule is CC(C)[C@H](NC(=O)OCc1ccccn1)C(=O)N[C@@H](Cc1ccccc1)[C@H](O)CNC[C@@H](O)[C@H](Cc1ccccc1)NC(=O)OC(C)(C)C. The third-order valence-electron chi connectivity index (χ3n) is 7.56. The zero-order valence-electron chi connectivity index (χ0n) is 29.0. The van der Waals surface area contributed by atoms with Crippen molar-refractivity contribution in [3.8, 4) is 0 Å². The minimum absolute atomic E-state index is 0.0191. The molecule has 2 aromatic carbocycles. The van der Waals surface area contributed by atoms with Crippen molar-refractivity contribution >= 4 is 18.1 Å². The van der Waals surface area contributed by atoms with E-state index in [1.807, 2.05) is 60.7 Å². The predicted molar refractivity (Wildman–Crippen MR) is 186 cm³/mol. The van der Waals surface area contributed by atoms with Crippen LogP contribution < -0.4 is 21.3 Å². The third-order valence-corrected chi connectivity index (χ3v) is 7.56. The second kappa shape index (κ2) is 19.5. The van der Waals surface area contributed by atoms with E-state index in [0.717, 1.165) is 11.1 Å². The first-order valence-corrected chi connectivity index (χ1v) is 16.6. The number of amides is 3. The highest BCUT2D eigenvalue weighted by molar-refractivity contribution is 5.86. The summed E-state index contributed by atoms with van der Waals surface area (Å²) < 4.78 is 10.7. The molecule has 49 heavy (non-hydrogen) atoms. The van der Waals surface area contributed by atoms with Gasteiger partial charge in [-0.05, 0) is 62.8 Å². The first kappa shape index (κ1) is 38.9. The number of aliphatic hydroxyl groups is 2. The number of carbonyl (C=O) groups is 3. The summed E-state index contributed by atoms with van der Waals surface area (Å²) in [5.41, 5.74) is 1.66. The highest BCUT2D eigenvalue weighted by atomic mass is 16.6. The molecule has 5 atom stereocenters. The van der Waals surface area contributed by atoms with E-state index >= 15 is 0 Å². The fraction of sp³-hybridized carbons (Fsp3) is 0.459. The molecule has 0 bridgehead atoms. The normalized spacial score (nSPS) is 14.5. The molecule has 3 amide bonds. The highest BCUT2D eigenvalue weighted by Gasteiger charge is 2.30. The molecular formula is C37H51N5O7. The van der Waals surface area contributed by atoms with E-state index in [-0.39, 0.29) is 25.6 Å². The number of pyridine rings is 1. The summed E-state index contributed by atoms with van der Waals surface area (Å²) in [7, 11) is 0. The quantitative estimate of drug-likeness (QED) is 0.125. The summed E-state index contributed by atoms with van der Waals surface area (Å²) in [6.45, 7) is 8.89. The van der Waals surface area contributed by atoms with Crippen LogP contribution >= 0.6 is 0 Å². The number of aromatic nitrogens is 1. The van der Waals surface area contributed by atoms with Crippen LogP contribution in [0.2, 0.25) is 0 Å². The Kier molecular flexibility index (Phi) is 15.5. The molecule has 3 rings (SSSR count). The minimum Gasteiger partial charge on any atom is -0.444 e. The number of hydrogen-bond acceptors (Lipinski definition) is 9. The first-order chi connectivity index (χ1) is 23.3.